The summed E-state index contributed by atoms with van der Waals surface area (Å²) in [6, 6.07) is 11.0. The number of primary sulfonamides is 1. The fraction of sp³-hybridized carbons (Fsp3) is 0.200. The number of sulfonamides is 1. The number of hydrogen-bond acceptors (Lipinski definition) is 4. The Morgan fingerprint density at radius 2 is 1.76 bits per heavy atom. The van der Waals surface area contributed by atoms with Gasteiger partial charge in [0, 0.05) is 24.1 Å². The molecule has 5 nitrogen and oxygen atoms in total. The molecule has 2 aromatic rings. The largest absolute Gasteiger partial charge is 0.399 e. The van der Waals surface area contributed by atoms with Crippen molar-refractivity contribution in [2.24, 2.45) is 5.14 Å². The van der Waals surface area contributed by atoms with E-state index in [9.17, 15) is 8.42 Å². The van der Waals surface area contributed by atoms with E-state index in [1.54, 1.807) is 13.0 Å². The first-order valence-electron chi connectivity index (χ1n) is 6.43. The smallest absolute Gasteiger partial charge is 0.238 e. The van der Waals surface area contributed by atoms with Gasteiger partial charge in [0.25, 0.3) is 0 Å². The Kier molecular flexibility index (Phi) is 3.93. The first-order chi connectivity index (χ1) is 9.70. The third kappa shape index (κ3) is 3.17. The highest BCUT2D eigenvalue weighted by atomic mass is 32.2. The molecule has 2 rings (SSSR count). The molecule has 0 heterocycles. The van der Waals surface area contributed by atoms with Gasteiger partial charge in [-0.15, -0.1) is 0 Å². The van der Waals surface area contributed by atoms with Gasteiger partial charge in [0.05, 0.1) is 4.90 Å². The quantitative estimate of drug-likeness (QED) is 0.851. The third-order valence-corrected chi connectivity index (χ3v) is 4.45. The van der Waals surface area contributed by atoms with E-state index < -0.39 is 10.0 Å². The van der Waals surface area contributed by atoms with Crippen molar-refractivity contribution < 1.29 is 8.42 Å². The molecule has 0 atom stereocenters. The number of rotatable bonds is 3. The fourth-order valence-corrected chi connectivity index (χ4v) is 3.14. The SMILES string of the molecule is Cc1cccc(N(C)c2cc(N)cc(S(N)(=O)=O)c2C)c1. The van der Waals surface area contributed by atoms with Gasteiger partial charge in [0.15, 0.2) is 0 Å². The summed E-state index contributed by atoms with van der Waals surface area (Å²) in [4.78, 5) is 1.95. The molecule has 0 saturated heterocycles. The van der Waals surface area contributed by atoms with Gasteiger partial charge in [-0.05, 0) is 49.2 Å². The number of anilines is 3. The number of nitrogen functional groups attached to an aromatic ring is 1. The van der Waals surface area contributed by atoms with E-state index in [0.29, 0.717) is 16.9 Å². The predicted molar refractivity (Wildman–Crippen MR) is 86.2 cm³/mol. The Labute approximate surface area is 125 Å². The molecule has 0 unspecified atom stereocenters. The number of benzene rings is 2. The first kappa shape index (κ1) is 15.3. The van der Waals surface area contributed by atoms with Crippen LogP contribution in [0.25, 0.3) is 0 Å². The maximum absolute atomic E-state index is 11.7. The van der Waals surface area contributed by atoms with E-state index in [-0.39, 0.29) is 4.90 Å². The lowest BCUT2D eigenvalue weighted by Crippen LogP contribution is -2.18. The molecule has 0 fully saturated rings. The van der Waals surface area contributed by atoms with Crippen LogP contribution in [0, 0.1) is 13.8 Å². The summed E-state index contributed by atoms with van der Waals surface area (Å²) in [7, 11) is -1.94. The van der Waals surface area contributed by atoms with Crippen molar-refractivity contribution in [3.05, 3.63) is 47.5 Å². The fourth-order valence-electron chi connectivity index (χ4n) is 2.31. The van der Waals surface area contributed by atoms with Crippen LogP contribution in [0.5, 0.6) is 0 Å². The van der Waals surface area contributed by atoms with E-state index in [4.69, 9.17) is 10.9 Å². The minimum absolute atomic E-state index is 0.0528. The van der Waals surface area contributed by atoms with Crippen LogP contribution in [0.3, 0.4) is 0 Å². The molecular formula is C15H19N3O2S. The summed E-state index contributed by atoms with van der Waals surface area (Å²) >= 11 is 0. The lowest BCUT2D eigenvalue weighted by Gasteiger charge is -2.23. The van der Waals surface area contributed by atoms with Gasteiger partial charge in [-0.1, -0.05) is 12.1 Å². The van der Waals surface area contributed by atoms with Gasteiger partial charge in [-0.25, -0.2) is 13.6 Å². The van der Waals surface area contributed by atoms with Gasteiger partial charge < -0.3 is 10.6 Å². The highest BCUT2D eigenvalue weighted by Crippen LogP contribution is 2.32. The lowest BCUT2D eigenvalue weighted by molar-refractivity contribution is 0.597. The molecule has 0 amide bonds. The molecule has 0 bridgehead atoms. The van der Waals surface area contributed by atoms with Gasteiger partial charge in [-0.2, -0.15) is 0 Å². The maximum Gasteiger partial charge on any atom is 0.238 e. The topological polar surface area (TPSA) is 89.4 Å². The lowest BCUT2D eigenvalue weighted by atomic mass is 10.1. The van der Waals surface area contributed by atoms with E-state index >= 15 is 0 Å². The van der Waals surface area contributed by atoms with Crippen molar-refractivity contribution >= 4 is 27.1 Å². The molecule has 0 aliphatic rings. The zero-order valence-electron chi connectivity index (χ0n) is 12.3. The molecule has 0 radical (unpaired) electrons. The zero-order chi connectivity index (χ0) is 15.8. The molecule has 112 valence electrons. The second-order valence-corrected chi connectivity index (χ2v) is 6.64. The second-order valence-electron chi connectivity index (χ2n) is 5.11. The monoisotopic (exact) mass is 305 g/mol. The molecule has 0 saturated carbocycles. The molecule has 0 spiro atoms. The standard InChI is InChI=1S/C15H19N3O2S/c1-10-5-4-6-13(7-10)18(3)14-8-12(16)9-15(11(14)2)21(17,19)20/h4-9H,16H2,1-3H3,(H2,17,19,20). The molecule has 2 aromatic carbocycles. The minimum atomic E-state index is -3.81. The van der Waals surface area contributed by atoms with Crippen LogP contribution >= 0.6 is 0 Å². The van der Waals surface area contributed by atoms with Gasteiger partial charge in [0.1, 0.15) is 0 Å². The summed E-state index contributed by atoms with van der Waals surface area (Å²) in [5.41, 5.74) is 9.54. The number of nitrogens with zero attached hydrogens (tertiary/aromatic N) is 1. The molecule has 4 N–H and O–H groups in total. The summed E-state index contributed by atoms with van der Waals surface area (Å²) in [6.45, 7) is 3.72. The Hall–Kier alpha value is -2.05. The number of nitrogens with two attached hydrogens (primary N) is 2. The van der Waals surface area contributed by atoms with Crippen LogP contribution in [-0.4, -0.2) is 15.5 Å². The minimum Gasteiger partial charge on any atom is -0.399 e. The average Bonchev–Trinajstić information content (AvgIpc) is 2.39. The van der Waals surface area contributed by atoms with Crippen LogP contribution in [0.2, 0.25) is 0 Å². The zero-order valence-corrected chi connectivity index (χ0v) is 13.1. The Balaban J connectivity index is 2.62. The van der Waals surface area contributed by atoms with E-state index in [1.807, 2.05) is 43.1 Å². The number of hydrogen-bond donors (Lipinski definition) is 2. The van der Waals surface area contributed by atoms with Crippen LogP contribution in [0.15, 0.2) is 41.3 Å². The summed E-state index contributed by atoms with van der Waals surface area (Å²) in [5.74, 6) is 0. The van der Waals surface area contributed by atoms with Crippen LogP contribution in [0.1, 0.15) is 11.1 Å². The van der Waals surface area contributed by atoms with Crippen LogP contribution in [-0.2, 0) is 10.0 Å². The summed E-state index contributed by atoms with van der Waals surface area (Å²) in [5, 5.41) is 5.26. The molecule has 0 aromatic heterocycles. The van der Waals surface area contributed by atoms with Crippen molar-refractivity contribution in [3.63, 3.8) is 0 Å². The molecule has 21 heavy (non-hydrogen) atoms. The van der Waals surface area contributed by atoms with Crippen LogP contribution < -0.4 is 15.8 Å². The average molecular weight is 305 g/mol. The first-order valence-corrected chi connectivity index (χ1v) is 7.98. The van der Waals surface area contributed by atoms with E-state index in [0.717, 1.165) is 11.3 Å². The number of aryl methyl sites for hydroxylation is 1. The third-order valence-electron chi connectivity index (χ3n) is 3.41. The summed E-state index contributed by atoms with van der Waals surface area (Å²) < 4.78 is 23.4. The predicted octanol–water partition coefficient (Wildman–Crippen LogP) is 2.30. The van der Waals surface area contributed by atoms with Gasteiger partial charge >= 0.3 is 0 Å². The Morgan fingerprint density at radius 1 is 1.10 bits per heavy atom. The maximum atomic E-state index is 11.7. The molecule has 6 heteroatoms. The summed E-state index contributed by atoms with van der Waals surface area (Å²) in [6.07, 6.45) is 0. The molecule has 0 aliphatic heterocycles. The van der Waals surface area contributed by atoms with Crippen molar-refractivity contribution in [1.82, 2.24) is 0 Å². The highest BCUT2D eigenvalue weighted by Gasteiger charge is 2.18. The van der Waals surface area contributed by atoms with Crippen molar-refractivity contribution in [3.8, 4) is 0 Å². The van der Waals surface area contributed by atoms with Crippen molar-refractivity contribution in [1.29, 1.82) is 0 Å². The van der Waals surface area contributed by atoms with Crippen molar-refractivity contribution in [2.45, 2.75) is 18.7 Å². The molecular weight excluding hydrogens is 286 g/mol. The van der Waals surface area contributed by atoms with Crippen molar-refractivity contribution in [2.75, 3.05) is 17.7 Å². The Morgan fingerprint density at radius 3 is 2.33 bits per heavy atom. The van der Waals surface area contributed by atoms with E-state index in [1.165, 1.54) is 6.07 Å². The second kappa shape index (κ2) is 5.38. The van der Waals surface area contributed by atoms with Gasteiger partial charge in [-0.3, -0.25) is 0 Å². The Bertz CT molecular complexity index is 786. The van der Waals surface area contributed by atoms with Crippen LogP contribution in [0.4, 0.5) is 17.1 Å². The highest BCUT2D eigenvalue weighted by molar-refractivity contribution is 7.89. The normalized spacial score (nSPS) is 11.4. The van der Waals surface area contributed by atoms with Gasteiger partial charge in [0.2, 0.25) is 10.0 Å². The van der Waals surface area contributed by atoms with E-state index in [2.05, 4.69) is 0 Å². The molecule has 0 aliphatic carbocycles.